The van der Waals surface area contributed by atoms with Crippen molar-refractivity contribution in [1.29, 1.82) is 0 Å². The van der Waals surface area contributed by atoms with Crippen LogP contribution in [0.25, 0.3) is 0 Å². The van der Waals surface area contributed by atoms with Crippen molar-refractivity contribution in [3.63, 3.8) is 0 Å². The van der Waals surface area contributed by atoms with Gasteiger partial charge >= 0.3 is 0 Å². The molecule has 82 valence electrons. The summed E-state index contributed by atoms with van der Waals surface area (Å²) in [7, 11) is 0. The van der Waals surface area contributed by atoms with E-state index in [0.717, 1.165) is 19.3 Å². The predicted octanol–water partition coefficient (Wildman–Crippen LogP) is 2.29. The Labute approximate surface area is 85.8 Å². The number of rotatable bonds is 6. The van der Waals surface area contributed by atoms with E-state index >= 15 is 0 Å². The fourth-order valence-electron chi connectivity index (χ4n) is 1.71. The zero-order valence-corrected chi connectivity index (χ0v) is 9.17. The van der Waals surface area contributed by atoms with Crippen molar-refractivity contribution in [3.8, 4) is 0 Å². The minimum Gasteiger partial charge on any atom is -0.348 e. The normalized spacial score (nSPS) is 19.9. The quantitative estimate of drug-likeness (QED) is 0.660. The summed E-state index contributed by atoms with van der Waals surface area (Å²) in [5.41, 5.74) is 0. The van der Waals surface area contributed by atoms with Gasteiger partial charge < -0.3 is 9.47 Å². The molecule has 1 aliphatic heterocycles. The van der Waals surface area contributed by atoms with Crippen LogP contribution < -0.4 is 0 Å². The largest absolute Gasteiger partial charge is 0.348 e. The van der Waals surface area contributed by atoms with Crippen molar-refractivity contribution >= 4 is 5.78 Å². The number of carbonyl (C=O) groups excluding carboxylic acids is 1. The zero-order chi connectivity index (χ0) is 10.4. The van der Waals surface area contributed by atoms with Crippen LogP contribution in [0.2, 0.25) is 0 Å². The topological polar surface area (TPSA) is 35.5 Å². The van der Waals surface area contributed by atoms with Crippen LogP contribution >= 0.6 is 0 Å². The minimum absolute atomic E-state index is 0.356. The third-order valence-electron chi connectivity index (χ3n) is 2.51. The van der Waals surface area contributed by atoms with E-state index in [1.54, 1.807) is 0 Å². The van der Waals surface area contributed by atoms with Gasteiger partial charge in [0.25, 0.3) is 0 Å². The van der Waals surface area contributed by atoms with Crippen molar-refractivity contribution in [1.82, 2.24) is 0 Å². The van der Waals surface area contributed by atoms with E-state index in [-0.39, 0.29) is 0 Å². The lowest BCUT2D eigenvalue weighted by molar-refractivity contribution is -0.148. The second kappa shape index (κ2) is 5.47. The summed E-state index contributed by atoms with van der Waals surface area (Å²) < 4.78 is 10.9. The maximum Gasteiger partial charge on any atom is 0.165 e. The molecule has 0 aromatic heterocycles. The third kappa shape index (κ3) is 3.76. The summed E-state index contributed by atoms with van der Waals surface area (Å²) in [6, 6.07) is 0. The summed E-state index contributed by atoms with van der Waals surface area (Å²) in [6.07, 6.45) is 4.01. The number of carbonyl (C=O) groups is 1. The van der Waals surface area contributed by atoms with Crippen molar-refractivity contribution < 1.29 is 14.3 Å². The van der Waals surface area contributed by atoms with Gasteiger partial charge in [0.1, 0.15) is 5.78 Å². The van der Waals surface area contributed by atoms with Crippen LogP contribution in [-0.4, -0.2) is 24.8 Å². The molecule has 0 saturated carbocycles. The molecular formula is C11H20O3. The molecule has 0 amide bonds. The summed E-state index contributed by atoms with van der Waals surface area (Å²) in [5.74, 6) is -0.0685. The highest BCUT2D eigenvalue weighted by molar-refractivity contribution is 5.78. The first-order chi connectivity index (χ1) is 6.66. The van der Waals surface area contributed by atoms with Gasteiger partial charge in [0.2, 0.25) is 0 Å². The van der Waals surface area contributed by atoms with E-state index in [9.17, 15) is 4.79 Å². The van der Waals surface area contributed by atoms with E-state index in [2.05, 4.69) is 0 Å². The Kier molecular flexibility index (Phi) is 4.55. The first-order valence-corrected chi connectivity index (χ1v) is 5.46. The summed E-state index contributed by atoms with van der Waals surface area (Å²) in [5, 5.41) is 0. The summed E-state index contributed by atoms with van der Waals surface area (Å²) in [4.78, 5) is 11.2. The molecule has 0 unspecified atom stereocenters. The van der Waals surface area contributed by atoms with Crippen LogP contribution in [-0.2, 0) is 14.3 Å². The van der Waals surface area contributed by atoms with E-state index in [1.807, 2.05) is 13.8 Å². The van der Waals surface area contributed by atoms with Crippen molar-refractivity contribution in [3.05, 3.63) is 0 Å². The maximum atomic E-state index is 11.2. The third-order valence-corrected chi connectivity index (χ3v) is 2.51. The van der Waals surface area contributed by atoms with E-state index in [1.165, 1.54) is 0 Å². The van der Waals surface area contributed by atoms with Gasteiger partial charge in [0.05, 0.1) is 13.2 Å². The molecule has 0 N–H and O–H groups in total. The van der Waals surface area contributed by atoms with Gasteiger partial charge in [-0.25, -0.2) is 0 Å². The molecule has 0 aliphatic carbocycles. The number of hydrogen-bond donors (Lipinski definition) is 0. The lowest BCUT2D eigenvalue weighted by atomic mass is 10.1. The monoisotopic (exact) mass is 200 g/mol. The molecule has 14 heavy (non-hydrogen) atoms. The Morgan fingerprint density at radius 1 is 1.29 bits per heavy atom. The predicted molar refractivity (Wildman–Crippen MR) is 54.1 cm³/mol. The second-order valence-corrected chi connectivity index (χ2v) is 3.97. The molecule has 0 aromatic rings. The smallest absolute Gasteiger partial charge is 0.165 e. The lowest BCUT2D eigenvalue weighted by Gasteiger charge is -2.21. The average molecular weight is 200 g/mol. The minimum atomic E-state index is -0.424. The van der Waals surface area contributed by atoms with Crippen LogP contribution in [0.4, 0.5) is 0 Å². The SMILES string of the molecule is CCCC(=O)CCCC1(C)OCCO1. The van der Waals surface area contributed by atoms with Crippen molar-refractivity contribution in [2.24, 2.45) is 0 Å². The Balaban J connectivity index is 2.11. The fourth-order valence-corrected chi connectivity index (χ4v) is 1.71. The molecule has 1 heterocycles. The molecule has 0 bridgehead atoms. The molecule has 3 nitrogen and oxygen atoms in total. The molecule has 0 radical (unpaired) electrons. The highest BCUT2D eigenvalue weighted by Crippen LogP contribution is 2.24. The Hall–Kier alpha value is -0.410. The van der Waals surface area contributed by atoms with Crippen LogP contribution in [0.5, 0.6) is 0 Å². The molecule has 0 spiro atoms. The van der Waals surface area contributed by atoms with Gasteiger partial charge in [-0.05, 0) is 19.8 Å². The van der Waals surface area contributed by atoms with Gasteiger partial charge in [-0.2, -0.15) is 0 Å². The second-order valence-electron chi connectivity index (χ2n) is 3.97. The Morgan fingerprint density at radius 2 is 1.93 bits per heavy atom. The molecule has 1 saturated heterocycles. The standard InChI is InChI=1S/C11H20O3/c1-3-5-10(12)6-4-7-11(2)13-8-9-14-11/h3-9H2,1-2H3. The molecule has 1 fully saturated rings. The first-order valence-electron chi connectivity index (χ1n) is 5.46. The van der Waals surface area contributed by atoms with Crippen LogP contribution in [0.3, 0.4) is 0 Å². The van der Waals surface area contributed by atoms with Crippen molar-refractivity contribution in [2.45, 2.75) is 51.7 Å². The molecule has 0 atom stereocenters. The Morgan fingerprint density at radius 3 is 2.50 bits per heavy atom. The van der Waals surface area contributed by atoms with E-state index in [0.29, 0.717) is 31.8 Å². The molecule has 0 aromatic carbocycles. The van der Waals surface area contributed by atoms with E-state index < -0.39 is 5.79 Å². The Bertz CT molecular complexity index is 183. The van der Waals surface area contributed by atoms with Crippen LogP contribution in [0.15, 0.2) is 0 Å². The van der Waals surface area contributed by atoms with Gasteiger partial charge in [-0.1, -0.05) is 6.92 Å². The maximum absolute atomic E-state index is 11.2. The highest BCUT2D eigenvalue weighted by Gasteiger charge is 2.30. The van der Waals surface area contributed by atoms with Gasteiger partial charge in [-0.15, -0.1) is 0 Å². The van der Waals surface area contributed by atoms with Gasteiger partial charge in [0, 0.05) is 19.3 Å². The molecule has 1 aliphatic rings. The average Bonchev–Trinajstić information content (AvgIpc) is 2.53. The van der Waals surface area contributed by atoms with Gasteiger partial charge in [0.15, 0.2) is 5.79 Å². The number of ether oxygens (including phenoxy) is 2. The van der Waals surface area contributed by atoms with Crippen LogP contribution in [0, 0.1) is 0 Å². The van der Waals surface area contributed by atoms with E-state index in [4.69, 9.17) is 9.47 Å². The highest BCUT2D eigenvalue weighted by atomic mass is 16.7. The molecule has 1 rings (SSSR count). The fraction of sp³-hybridized carbons (Fsp3) is 0.909. The number of Topliss-reactive ketones (excluding diaryl/α,β-unsaturated/α-hetero) is 1. The molecule has 3 heteroatoms. The first kappa shape index (κ1) is 11.7. The summed E-state index contributed by atoms with van der Waals surface area (Å²) in [6.45, 7) is 5.34. The summed E-state index contributed by atoms with van der Waals surface area (Å²) >= 11 is 0. The number of ketones is 1. The van der Waals surface area contributed by atoms with Crippen LogP contribution in [0.1, 0.15) is 46.0 Å². The van der Waals surface area contributed by atoms with Gasteiger partial charge in [-0.3, -0.25) is 4.79 Å². The number of hydrogen-bond acceptors (Lipinski definition) is 3. The molecular weight excluding hydrogens is 180 g/mol. The van der Waals surface area contributed by atoms with Crippen molar-refractivity contribution in [2.75, 3.05) is 13.2 Å². The zero-order valence-electron chi connectivity index (χ0n) is 9.17. The lowest BCUT2D eigenvalue weighted by Crippen LogP contribution is -2.25.